The molecule has 1 aliphatic carbocycles. The van der Waals surface area contributed by atoms with E-state index in [2.05, 4.69) is 47.2 Å². The molecule has 0 atom stereocenters. The maximum atomic E-state index is 10.3. The second-order valence-electron chi connectivity index (χ2n) is 11.4. The van der Waals surface area contributed by atoms with Crippen LogP contribution in [0.15, 0.2) is 36.5 Å². The van der Waals surface area contributed by atoms with Crippen molar-refractivity contribution in [1.82, 2.24) is 14.9 Å². The molecule has 0 radical (unpaired) electrons. The van der Waals surface area contributed by atoms with E-state index in [1.165, 1.54) is 22.2 Å². The molecular formula is C30H35N3O10. The molecule has 2 aliphatic heterocycles. The van der Waals surface area contributed by atoms with Crippen LogP contribution in [0.25, 0.3) is 11.0 Å². The molecule has 4 heterocycles. The van der Waals surface area contributed by atoms with Crippen LogP contribution in [0, 0.1) is 0 Å². The number of nitrogens with zero attached hydrogens (tertiary/aromatic N) is 2. The van der Waals surface area contributed by atoms with Crippen molar-refractivity contribution in [3.05, 3.63) is 53.3 Å². The Bertz CT molecular complexity index is 1520. The van der Waals surface area contributed by atoms with Crippen molar-refractivity contribution >= 4 is 28.9 Å². The lowest BCUT2D eigenvalue weighted by Gasteiger charge is -2.50. The number of carbonyl (C=O) groups is 3. The summed E-state index contributed by atoms with van der Waals surface area (Å²) in [5, 5.41) is 35.1. The van der Waals surface area contributed by atoms with Gasteiger partial charge in [0.2, 0.25) is 6.79 Å². The lowest BCUT2D eigenvalue weighted by atomic mass is 9.68. The number of hydrogen-bond acceptors (Lipinski definition) is 9. The van der Waals surface area contributed by atoms with Crippen molar-refractivity contribution in [2.24, 2.45) is 0 Å². The largest absolute Gasteiger partial charge is 0.481 e. The SMILES string of the molecule is CN(C)C1(c2ccc3c(c2)OCO3)CCC2(CC1)OCCc1c2[nH]c2ncccc12.O=C(O)CC(O)(CC(=O)O)C(=O)O. The molecule has 1 saturated carbocycles. The van der Waals surface area contributed by atoms with E-state index in [1.54, 1.807) is 0 Å². The Morgan fingerprint density at radius 2 is 1.67 bits per heavy atom. The number of aliphatic carboxylic acids is 3. The number of nitrogens with one attached hydrogen (secondary N) is 1. The fourth-order valence-electron chi connectivity index (χ4n) is 6.50. The molecule has 2 aromatic heterocycles. The average Bonchev–Trinajstić information content (AvgIpc) is 3.58. The third kappa shape index (κ3) is 5.63. The zero-order valence-electron chi connectivity index (χ0n) is 24.0. The molecule has 3 aliphatic rings. The topological polar surface area (TPSA) is 192 Å². The number of carboxylic acid groups (broad SMARTS) is 3. The summed E-state index contributed by atoms with van der Waals surface area (Å²) in [5.74, 6) is -3.33. The van der Waals surface area contributed by atoms with Crippen LogP contribution < -0.4 is 9.47 Å². The molecule has 230 valence electrons. The molecule has 3 aromatic rings. The number of rotatable bonds is 7. The third-order valence-electron chi connectivity index (χ3n) is 8.80. The minimum absolute atomic E-state index is 0.0442. The highest BCUT2D eigenvalue weighted by molar-refractivity contribution is 5.88. The first-order valence-electron chi connectivity index (χ1n) is 14.0. The van der Waals surface area contributed by atoms with Gasteiger partial charge in [0.1, 0.15) is 11.2 Å². The lowest BCUT2D eigenvalue weighted by Crippen LogP contribution is -2.50. The van der Waals surface area contributed by atoms with Crippen LogP contribution >= 0.6 is 0 Å². The average molecular weight is 598 g/mol. The van der Waals surface area contributed by atoms with Gasteiger partial charge in [-0.3, -0.25) is 14.5 Å². The Morgan fingerprint density at radius 3 is 2.30 bits per heavy atom. The molecule has 1 aromatic carbocycles. The number of ether oxygens (including phenoxy) is 3. The Balaban J connectivity index is 0.000000242. The standard InChI is InChI=1S/C24H27N3O3.C6H8O7/c1-27(2)23(16-5-6-19-20(14-16)29-15-28-19)8-10-24(11-9-23)21-17(7-13-30-24)18-4-3-12-25-22(18)26-21;7-3(8)1-6(13,5(11)12)2-4(9)10/h3-6,12,14H,7-11,13,15H2,1-2H3,(H,25,26);13H,1-2H2,(H,7,8)(H,9,10)(H,11,12). The monoisotopic (exact) mass is 597 g/mol. The van der Waals surface area contributed by atoms with E-state index in [0.717, 1.165) is 55.9 Å². The van der Waals surface area contributed by atoms with E-state index >= 15 is 0 Å². The van der Waals surface area contributed by atoms with Crippen LogP contribution in [0.5, 0.6) is 11.5 Å². The fourth-order valence-corrected chi connectivity index (χ4v) is 6.50. The van der Waals surface area contributed by atoms with Crippen LogP contribution in [0.4, 0.5) is 0 Å². The zero-order valence-corrected chi connectivity index (χ0v) is 24.0. The Morgan fingerprint density at radius 1 is 1.00 bits per heavy atom. The van der Waals surface area contributed by atoms with E-state index in [1.807, 2.05) is 18.3 Å². The van der Waals surface area contributed by atoms with E-state index in [4.69, 9.17) is 34.6 Å². The van der Waals surface area contributed by atoms with Gasteiger partial charge in [0, 0.05) is 17.1 Å². The highest BCUT2D eigenvalue weighted by Crippen LogP contribution is 2.53. The third-order valence-corrected chi connectivity index (χ3v) is 8.80. The number of hydrogen-bond donors (Lipinski definition) is 5. The number of carboxylic acids is 3. The van der Waals surface area contributed by atoms with Crippen molar-refractivity contribution in [2.45, 2.75) is 61.7 Å². The summed E-state index contributed by atoms with van der Waals surface area (Å²) in [5.41, 5.74) is 1.89. The second kappa shape index (κ2) is 11.5. The summed E-state index contributed by atoms with van der Waals surface area (Å²) >= 11 is 0. The smallest absolute Gasteiger partial charge is 0.336 e. The van der Waals surface area contributed by atoms with Crippen molar-refractivity contribution in [2.75, 3.05) is 27.5 Å². The first-order valence-corrected chi connectivity index (χ1v) is 14.0. The number of fused-ring (bicyclic) bond motifs is 5. The van der Waals surface area contributed by atoms with Gasteiger partial charge in [-0.2, -0.15) is 0 Å². The number of H-pyrrole nitrogens is 1. The Labute approximate surface area is 247 Å². The summed E-state index contributed by atoms with van der Waals surface area (Å²) in [6.07, 6.45) is 4.49. The molecule has 0 unspecified atom stereocenters. The fraction of sp³-hybridized carbons (Fsp3) is 0.467. The van der Waals surface area contributed by atoms with Gasteiger partial charge in [-0.15, -0.1) is 0 Å². The van der Waals surface area contributed by atoms with Crippen molar-refractivity contribution < 1.29 is 49.0 Å². The van der Waals surface area contributed by atoms with Crippen molar-refractivity contribution in [1.29, 1.82) is 0 Å². The summed E-state index contributed by atoms with van der Waals surface area (Å²) in [4.78, 5) is 41.0. The molecule has 13 nitrogen and oxygen atoms in total. The second-order valence-corrected chi connectivity index (χ2v) is 11.4. The number of pyridine rings is 1. The lowest BCUT2D eigenvalue weighted by molar-refractivity contribution is -0.170. The van der Waals surface area contributed by atoms with Gasteiger partial charge in [-0.25, -0.2) is 9.78 Å². The van der Waals surface area contributed by atoms with Crippen molar-refractivity contribution in [3.63, 3.8) is 0 Å². The van der Waals surface area contributed by atoms with Crippen LogP contribution in [0.1, 0.15) is 55.3 Å². The molecule has 5 N–H and O–H groups in total. The first-order chi connectivity index (χ1) is 20.4. The summed E-state index contributed by atoms with van der Waals surface area (Å²) in [7, 11) is 4.37. The minimum Gasteiger partial charge on any atom is -0.481 e. The number of aliphatic hydroxyl groups is 1. The van der Waals surface area contributed by atoms with Gasteiger partial charge in [-0.1, -0.05) is 6.07 Å². The van der Waals surface area contributed by atoms with E-state index in [-0.39, 0.29) is 11.1 Å². The maximum absolute atomic E-state index is 10.3. The summed E-state index contributed by atoms with van der Waals surface area (Å²) in [6.45, 7) is 1.08. The van der Waals surface area contributed by atoms with E-state index in [0.29, 0.717) is 6.79 Å². The molecule has 0 saturated heterocycles. The summed E-state index contributed by atoms with van der Waals surface area (Å²) < 4.78 is 17.7. The molecule has 43 heavy (non-hydrogen) atoms. The highest BCUT2D eigenvalue weighted by atomic mass is 16.7. The predicted octanol–water partition coefficient (Wildman–Crippen LogP) is 2.84. The molecule has 0 bridgehead atoms. The Hall–Kier alpha value is -4.20. The van der Waals surface area contributed by atoms with Gasteiger partial charge in [0.15, 0.2) is 17.1 Å². The first kappa shape index (κ1) is 30.3. The molecule has 0 amide bonds. The number of benzene rings is 1. The molecule has 6 rings (SSSR count). The molecule has 1 fully saturated rings. The van der Waals surface area contributed by atoms with Gasteiger partial charge in [-0.05, 0) is 81.6 Å². The molecular weight excluding hydrogens is 562 g/mol. The van der Waals surface area contributed by atoms with Gasteiger partial charge in [0.05, 0.1) is 25.1 Å². The van der Waals surface area contributed by atoms with Crippen LogP contribution in [0.2, 0.25) is 0 Å². The number of aromatic amines is 1. The van der Waals surface area contributed by atoms with E-state index < -0.39 is 36.4 Å². The Kier molecular flexibility index (Phi) is 8.07. The highest BCUT2D eigenvalue weighted by Gasteiger charge is 2.49. The molecule has 13 heteroatoms. The zero-order chi connectivity index (χ0) is 31.0. The minimum atomic E-state index is -2.74. The predicted molar refractivity (Wildman–Crippen MR) is 151 cm³/mol. The van der Waals surface area contributed by atoms with Crippen molar-refractivity contribution in [3.8, 4) is 11.5 Å². The van der Waals surface area contributed by atoms with Gasteiger partial charge in [0.25, 0.3) is 0 Å². The van der Waals surface area contributed by atoms with Crippen LogP contribution in [-0.2, 0) is 36.7 Å². The normalized spacial score (nSPS) is 22.6. The molecule has 1 spiro atoms. The van der Waals surface area contributed by atoms with Gasteiger partial charge < -0.3 is 39.6 Å². The quantitative estimate of drug-likeness (QED) is 0.268. The van der Waals surface area contributed by atoms with Gasteiger partial charge >= 0.3 is 17.9 Å². The summed E-state index contributed by atoms with van der Waals surface area (Å²) in [6, 6.07) is 10.6. The maximum Gasteiger partial charge on any atom is 0.336 e. The number of aromatic nitrogens is 2. The van der Waals surface area contributed by atoms with E-state index in [9.17, 15) is 14.4 Å². The van der Waals surface area contributed by atoms with Crippen LogP contribution in [-0.4, -0.2) is 86.3 Å². The van der Waals surface area contributed by atoms with Crippen LogP contribution in [0.3, 0.4) is 0 Å².